The van der Waals surface area contributed by atoms with Crippen molar-refractivity contribution in [1.82, 2.24) is 9.97 Å². The van der Waals surface area contributed by atoms with E-state index < -0.39 is 23.2 Å². The first-order valence-electron chi connectivity index (χ1n) is 9.38. The monoisotopic (exact) mass is 441 g/mol. The number of anilines is 1. The third-order valence-corrected chi connectivity index (χ3v) is 6.94. The van der Waals surface area contributed by atoms with Crippen molar-refractivity contribution in [1.29, 1.82) is 0 Å². The summed E-state index contributed by atoms with van der Waals surface area (Å²) in [5.41, 5.74) is 3.65. The van der Waals surface area contributed by atoms with Gasteiger partial charge in [-0.2, -0.15) is 0 Å². The molecule has 0 aliphatic heterocycles. The van der Waals surface area contributed by atoms with Crippen molar-refractivity contribution in [3.05, 3.63) is 75.9 Å². The summed E-state index contributed by atoms with van der Waals surface area (Å²) >= 11 is 2.82. The van der Waals surface area contributed by atoms with Gasteiger partial charge in [-0.25, -0.2) is 18.7 Å². The fraction of sp³-hybridized carbons (Fsp3) is 0.136. The first-order valence-corrected chi connectivity index (χ1v) is 11.1. The van der Waals surface area contributed by atoms with E-state index in [0.717, 1.165) is 58.1 Å². The van der Waals surface area contributed by atoms with Crippen molar-refractivity contribution in [2.45, 2.75) is 19.3 Å². The molecule has 2 aromatic carbocycles. The molecule has 8 heteroatoms. The third kappa shape index (κ3) is 3.42. The highest BCUT2D eigenvalue weighted by molar-refractivity contribution is 7.17. The summed E-state index contributed by atoms with van der Waals surface area (Å²) < 4.78 is 27.8. The Labute approximate surface area is 180 Å². The number of fused-ring (bicyclic) bond motifs is 3. The first-order chi connectivity index (χ1) is 14.6. The van der Waals surface area contributed by atoms with Crippen molar-refractivity contribution >= 4 is 34.3 Å². The number of nitrogens with zero attached hydrogens (tertiary/aromatic N) is 2. The zero-order valence-electron chi connectivity index (χ0n) is 15.6. The first kappa shape index (κ1) is 19.0. The molecule has 30 heavy (non-hydrogen) atoms. The molecular formula is C22H17F2N3OS2. The van der Waals surface area contributed by atoms with Gasteiger partial charge < -0.3 is 5.32 Å². The molecule has 0 saturated carbocycles. The lowest BCUT2D eigenvalue weighted by molar-refractivity contribution is 0.102. The van der Waals surface area contributed by atoms with Gasteiger partial charge in [-0.05, 0) is 48.6 Å². The summed E-state index contributed by atoms with van der Waals surface area (Å²) in [6.07, 6.45) is 4.37. The SMILES string of the molecule is O=C(Nc1c(F)cccc1F)c1nc2c(s1)-c1cc(-c3nccs3)ccc1CCC2.[HH]. The molecule has 0 fully saturated rings. The van der Waals surface area contributed by atoms with Crippen LogP contribution in [-0.2, 0) is 12.8 Å². The van der Waals surface area contributed by atoms with E-state index in [1.165, 1.54) is 23.0 Å². The smallest absolute Gasteiger partial charge is 0.284 e. The van der Waals surface area contributed by atoms with Gasteiger partial charge in [-0.1, -0.05) is 18.2 Å². The Hall–Kier alpha value is -2.97. The number of amides is 1. The minimum atomic E-state index is -0.820. The Morgan fingerprint density at radius 3 is 2.73 bits per heavy atom. The summed E-state index contributed by atoms with van der Waals surface area (Å²) in [6.45, 7) is 0. The van der Waals surface area contributed by atoms with Crippen molar-refractivity contribution < 1.29 is 15.0 Å². The number of para-hydroxylation sites is 1. The van der Waals surface area contributed by atoms with E-state index in [2.05, 4.69) is 33.5 Å². The number of benzene rings is 2. The van der Waals surface area contributed by atoms with Crippen molar-refractivity contribution in [3.8, 4) is 21.0 Å². The van der Waals surface area contributed by atoms with Crippen LogP contribution in [0.4, 0.5) is 14.5 Å². The van der Waals surface area contributed by atoms with Crippen molar-refractivity contribution in [2.24, 2.45) is 0 Å². The van der Waals surface area contributed by atoms with Gasteiger partial charge in [0.2, 0.25) is 0 Å². The summed E-state index contributed by atoms with van der Waals surface area (Å²) in [6, 6.07) is 9.73. The largest absolute Gasteiger partial charge is 0.315 e. The maximum absolute atomic E-state index is 13.9. The molecule has 1 aliphatic carbocycles. The Kier molecular flexibility index (Phi) is 4.88. The molecule has 2 aromatic heterocycles. The van der Waals surface area contributed by atoms with Crippen LogP contribution in [0.2, 0.25) is 0 Å². The average molecular weight is 442 g/mol. The lowest BCUT2D eigenvalue weighted by Crippen LogP contribution is -2.14. The van der Waals surface area contributed by atoms with E-state index >= 15 is 0 Å². The fourth-order valence-electron chi connectivity index (χ4n) is 3.56. The van der Waals surface area contributed by atoms with E-state index in [-0.39, 0.29) is 6.43 Å². The standard InChI is InChI=1S/C22H15F2N3OS2.H2/c23-15-4-2-5-16(24)18(15)27-20(28)22-26-17-6-1-3-12-7-8-13(21-25-9-10-29-21)11-14(12)19(17)30-22;/h2,4-5,7-11H,1,3,6H2,(H,27,28);1H. The molecule has 4 nitrogen and oxygen atoms in total. The summed E-state index contributed by atoms with van der Waals surface area (Å²) in [5, 5.41) is 5.38. The average Bonchev–Trinajstić information content (AvgIpc) is 3.39. The van der Waals surface area contributed by atoms with Crippen LogP contribution in [0.3, 0.4) is 0 Å². The van der Waals surface area contributed by atoms with Crippen LogP contribution in [0, 0.1) is 11.6 Å². The summed E-state index contributed by atoms with van der Waals surface area (Å²) in [4.78, 5) is 22.5. The van der Waals surface area contributed by atoms with Gasteiger partial charge in [0, 0.05) is 18.6 Å². The highest BCUT2D eigenvalue weighted by Gasteiger charge is 2.24. The topological polar surface area (TPSA) is 54.9 Å². The van der Waals surface area contributed by atoms with E-state index in [9.17, 15) is 13.6 Å². The van der Waals surface area contributed by atoms with Crippen LogP contribution in [0.1, 0.15) is 28.9 Å². The number of hydrogen-bond donors (Lipinski definition) is 1. The molecule has 152 valence electrons. The number of halogens is 2. The second-order valence-electron chi connectivity index (χ2n) is 6.91. The van der Waals surface area contributed by atoms with Crippen LogP contribution in [0.5, 0.6) is 0 Å². The Morgan fingerprint density at radius 2 is 1.97 bits per heavy atom. The van der Waals surface area contributed by atoms with Gasteiger partial charge in [0.1, 0.15) is 22.3 Å². The summed E-state index contributed by atoms with van der Waals surface area (Å²) in [5.74, 6) is -2.26. The van der Waals surface area contributed by atoms with Crippen LogP contribution >= 0.6 is 22.7 Å². The highest BCUT2D eigenvalue weighted by atomic mass is 32.1. The van der Waals surface area contributed by atoms with E-state index in [1.54, 1.807) is 17.5 Å². The second-order valence-corrected chi connectivity index (χ2v) is 8.80. The van der Waals surface area contributed by atoms with Gasteiger partial charge in [0.15, 0.2) is 5.01 Å². The zero-order chi connectivity index (χ0) is 20.7. The molecular weight excluding hydrogens is 424 g/mol. The number of carbonyl (C=O) groups excluding carboxylic acids is 1. The molecule has 0 atom stereocenters. The van der Waals surface area contributed by atoms with Crippen LogP contribution in [-0.4, -0.2) is 15.9 Å². The zero-order valence-corrected chi connectivity index (χ0v) is 17.2. The van der Waals surface area contributed by atoms with Gasteiger partial charge in [-0.3, -0.25) is 4.79 Å². The van der Waals surface area contributed by atoms with Crippen LogP contribution in [0.25, 0.3) is 21.0 Å². The van der Waals surface area contributed by atoms with Gasteiger partial charge in [0.25, 0.3) is 5.91 Å². The van der Waals surface area contributed by atoms with Gasteiger partial charge in [-0.15, -0.1) is 22.7 Å². The van der Waals surface area contributed by atoms with Crippen LogP contribution in [0.15, 0.2) is 48.0 Å². The molecule has 1 amide bonds. The molecule has 5 rings (SSSR count). The third-order valence-electron chi connectivity index (χ3n) is 4.99. The molecule has 0 bridgehead atoms. The van der Waals surface area contributed by atoms with E-state index in [0.29, 0.717) is 0 Å². The number of aromatic nitrogens is 2. The maximum Gasteiger partial charge on any atom is 0.284 e. The summed E-state index contributed by atoms with van der Waals surface area (Å²) in [7, 11) is 0. The molecule has 1 N–H and O–H groups in total. The number of carbonyl (C=O) groups is 1. The molecule has 2 heterocycles. The lowest BCUT2D eigenvalue weighted by atomic mass is 10.0. The highest BCUT2D eigenvalue weighted by Crippen LogP contribution is 2.39. The second kappa shape index (κ2) is 7.70. The number of thiazole rings is 2. The van der Waals surface area contributed by atoms with Crippen molar-refractivity contribution in [2.75, 3.05) is 5.32 Å². The number of rotatable bonds is 3. The molecule has 0 unspecified atom stereocenters. The van der Waals surface area contributed by atoms with E-state index in [4.69, 9.17) is 0 Å². The van der Waals surface area contributed by atoms with Crippen molar-refractivity contribution in [3.63, 3.8) is 0 Å². The maximum atomic E-state index is 13.9. The predicted molar refractivity (Wildman–Crippen MR) is 117 cm³/mol. The minimum Gasteiger partial charge on any atom is -0.315 e. The molecule has 0 saturated heterocycles. The quantitative estimate of drug-likeness (QED) is 0.412. The van der Waals surface area contributed by atoms with Gasteiger partial charge >= 0.3 is 0 Å². The number of hydrogen-bond acceptors (Lipinski definition) is 5. The van der Waals surface area contributed by atoms with Crippen LogP contribution < -0.4 is 5.32 Å². The fourth-order valence-corrected chi connectivity index (χ4v) is 5.26. The minimum absolute atomic E-state index is 0. The van der Waals surface area contributed by atoms with E-state index in [1.807, 2.05) is 5.38 Å². The van der Waals surface area contributed by atoms with Gasteiger partial charge in [0.05, 0.1) is 10.6 Å². The molecule has 0 spiro atoms. The molecule has 4 aromatic rings. The molecule has 0 radical (unpaired) electrons. The predicted octanol–water partition coefficient (Wildman–Crippen LogP) is 6.20. The Balaban J connectivity index is 0.00000231. The Morgan fingerprint density at radius 1 is 1.13 bits per heavy atom. The number of aryl methyl sites for hydroxylation is 2. The normalized spacial score (nSPS) is 12.7. The lowest BCUT2D eigenvalue weighted by Gasteiger charge is -2.08. The molecule has 1 aliphatic rings. The Bertz CT molecular complexity index is 1240. The number of nitrogens with one attached hydrogen (secondary N) is 1.